The van der Waals surface area contributed by atoms with Gasteiger partial charge in [0.2, 0.25) is 0 Å². The van der Waals surface area contributed by atoms with Crippen LogP contribution >= 0.6 is 0 Å². The number of ether oxygens (including phenoxy) is 4. The van der Waals surface area contributed by atoms with Crippen molar-refractivity contribution in [1.82, 2.24) is 4.90 Å². The molecule has 4 rings (SSSR count). The van der Waals surface area contributed by atoms with Gasteiger partial charge in [0, 0.05) is 13.1 Å². The van der Waals surface area contributed by atoms with Crippen molar-refractivity contribution in [2.75, 3.05) is 33.4 Å². The number of para-hydroxylation sites is 2. The molecule has 0 spiro atoms. The highest BCUT2D eigenvalue weighted by Gasteiger charge is 2.22. The molecule has 0 saturated carbocycles. The van der Waals surface area contributed by atoms with E-state index < -0.39 is 0 Å². The Labute approximate surface area is 141 Å². The summed E-state index contributed by atoms with van der Waals surface area (Å²) in [5.41, 5.74) is 1.19. The molecule has 0 radical (unpaired) electrons. The minimum atomic E-state index is 0.0297. The molecule has 0 N–H and O–H groups in total. The first-order chi connectivity index (χ1) is 11.8. The van der Waals surface area contributed by atoms with Gasteiger partial charge in [0.1, 0.15) is 25.9 Å². The van der Waals surface area contributed by atoms with Crippen molar-refractivity contribution in [3.8, 4) is 23.0 Å². The molecular formula is C19H21NO4. The molecule has 0 unspecified atom stereocenters. The van der Waals surface area contributed by atoms with Crippen molar-refractivity contribution in [2.45, 2.75) is 12.6 Å². The Bertz CT molecular complexity index is 718. The zero-order valence-corrected chi connectivity index (χ0v) is 13.7. The predicted octanol–water partition coefficient (Wildman–Crippen LogP) is 2.73. The lowest BCUT2D eigenvalue weighted by Crippen LogP contribution is -2.39. The molecule has 1 atom stereocenters. The van der Waals surface area contributed by atoms with Gasteiger partial charge in [-0.25, -0.2) is 0 Å². The molecule has 0 fully saturated rings. The van der Waals surface area contributed by atoms with Crippen molar-refractivity contribution in [3.63, 3.8) is 0 Å². The first-order valence-corrected chi connectivity index (χ1v) is 8.23. The number of fused-ring (bicyclic) bond motifs is 2. The second-order valence-corrected chi connectivity index (χ2v) is 6.17. The fourth-order valence-corrected chi connectivity index (χ4v) is 3.06. The van der Waals surface area contributed by atoms with E-state index in [1.54, 1.807) is 0 Å². The normalized spacial score (nSPS) is 18.5. The van der Waals surface area contributed by atoms with Crippen molar-refractivity contribution in [1.29, 1.82) is 0 Å². The Morgan fingerprint density at radius 2 is 1.67 bits per heavy atom. The molecule has 5 nitrogen and oxygen atoms in total. The standard InChI is InChI=1S/C19H21NO4/c1-20(11-14-6-7-17-19(10-14)22-9-8-21-17)12-15-13-23-16-4-2-3-5-18(16)24-15/h2-7,10,15H,8-9,11-13H2,1H3/t15-/m1/s1. The first kappa shape index (κ1) is 15.1. The van der Waals surface area contributed by atoms with Crippen LogP contribution in [0.2, 0.25) is 0 Å². The number of hydrogen-bond acceptors (Lipinski definition) is 5. The van der Waals surface area contributed by atoms with Gasteiger partial charge >= 0.3 is 0 Å². The van der Waals surface area contributed by atoms with E-state index in [-0.39, 0.29) is 6.10 Å². The molecule has 0 aliphatic carbocycles. The van der Waals surface area contributed by atoms with E-state index in [1.807, 2.05) is 30.3 Å². The maximum atomic E-state index is 6.02. The fraction of sp³-hybridized carbons (Fsp3) is 0.368. The summed E-state index contributed by atoms with van der Waals surface area (Å²) in [5, 5.41) is 0. The average Bonchev–Trinajstić information content (AvgIpc) is 2.61. The van der Waals surface area contributed by atoms with Crippen LogP contribution in [0.25, 0.3) is 0 Å². The van der Waals surface area contributed by atoms with Gasteiger partial charge in [-0.15, -0.1) is 0 Å². The van der Waals surface area contributed by atoms with Crippen LogP contribution in [0.3, 0.4) is 0 Å². The van der Waals surface area contributed by atoms with Crippen molar-refractivity contribution in [3.05, 3.63) is 48.0 Å². The van der Waals surface area contributed by atoms with Crippen LogP contribution in [0.15, 0.2) is 42.5 Å². The number of rotatable bonds is 4. The quantitative estimate of drug-likeness (QED) is 0.863. The van der Waals surface area contributed by atoms with E-state index in [2.05, 4.69) is 24.1 Å². The van der Waals surface area contributed by atoms with Gasteiger partial charge in [0.25, 0.3) is 0 Å². The van der Waals surface area contributed by atoms with E-state index in [4.69, 9.17) is 18.9 Å². The molecule has 24 heavy (non-hydrogen) atoms. The van der Waals surface area contributed by atoms with Gasteiger partial charge in [-0.2, -0.15) is 0 Å². The molecule has 0 amide bonds. The molecule has 2 aromatic carbocycles. The molecule has 0 bridgehead atoms. The lowest BCUT2D eigenvalue weighted by Gasteiger charge is -2.29. The van der Waals surface area contributed by atoms with Crippen LogP contribution in [0.4, 0.5) is 0 Å². The third-order valence-electron chi connectivity index (χ3n) is 4.14. The number of benzene rings is 2. The van der Waals surface area contributed by atoms with Gasteiger partial charge in [-0.05, 0) is 36.9 Å². The molecule has 5 heteroatoms. The molecule has 2 aliphatic rings. The monoisotopic (exact) mass is 327 g/mol. The lowest BCUT2D eigenvalue weighted by molar-refractivity contribution is 0.0637. The van der Waals surface area contributed by atoms with E-state index in [9.17, 15) is 0 Å². The maximum absolute atomic E-state index is 6.02. The van der Waals surface area contributed by atoms with Crippen molar-refractivity contribution in [2.24, 2.45) is 0 Å². The Balaban J connectivity index is 1.36. The van der Waals surface area contributed by atoms with Crippen LogP contribution in [0, 0.1) is 0 Å². The summed E-state index contributed by atoms with van der Waals surface area (Å²) in [4.78, 5) is 2.23. The van der Waals surface area contributed by atoms with Crippen molar-refractivity contribution >= 4 is 0 Å². The summed E-state index contributed by atoms with van der Waals surface area (Å²) in [6.07, 6.45) is 0.0297. The summed E-state index contributed by atoms with van der Waals surface area (Å²) >= 11 is 0. The molecule has 0 aromatic heterocycles. The minimum Gasteiger partial charge on any atom is -0.486 e. The molecular weight excluding hydrogens is 306 g/mol. The largest absolute Gasteiger partial charge is 0.486 e. The second-order valence-electron chi connectivity index (χ2n) is 6.17. The van der Waals surface area contributed by atoms with Gasteiger partial charge < -0.3 is 18.9 Å². The first-order valence-electron chi connectivity index (χ1n) is 8.23. The van der Waals surface area contributed by atoms with Gasteiger partial charge in [0.15, 0.2) is 23.0 Å². The predicted molar refractivity (Wildman–Crippen MR) is 90.1 cm³/mol. The highest BCUT2D eigenvalue weighted by Crippen LogP contribution is 2.32. The van der Waals surface area contributed by atoms with Crippen LogP contribution in [-0.4, -0.2) is 44.4 Å². The van der Waals surface area contributed by atoms with Crippen LogP contribution < -0.4 is 18.9 Å². The number of nitrogens with zero attached hydrogens (tertiary/aromatic N) is 1. The highest BCUT2D eigenvalue weighted by molar-refractivity contribution is 5.44. The summed E-state index contributed by atoms with van der Waals surface area (Å²) in [7, 11) is 2.08. The second kappa shape index (κ2) is 6.61. The molecule has 126 valence electrons. The van der Waals surface area contributed by atoms with Gasteiger partial charge in [-0.3, -0.25) is 4.90 Å². The molecule has 0 saturated heterocycles. The zero-order chi connectivity index (χ0) is 16.4. The summed E-state index contributed by atoms with van der Waals surface area (Å²) in [5.74, 6) is 3.30. The van der Waals surface area contributed by atoms with E-state index in [1.165, 1.54) is 5.56 Å². The van der Waals surface area contributed by atoms with Crippen molar-refractivity contribution < 1.29 is 18.9 Å². The SMILES string of the molecule is CN(Cc1ccc2c(c1)OCCO2)C[C@@H]1COc2ccccc2O1. The van der Waals surface area contributed by atoms with Crippen LogP contribution in [0.1, 0.15) is 5.56 Å². The van der Waals surface area contributed by atoms with Crippen LogP contribution in [0.5, 0.6) is 23.0 Å². The minimum absolute atomic E-state index is 0.0297. The number of likely N-dealkylation sites (N-methyl/N-ethyl adjacent to an activating group) is 1. The smallest absolute Gasteiger partial charge is 0.161 e. The number of hydrogen-bond donors (Lipinski definition) is 0. The van der Waals surface area contributed by atoms with E-state index in [0.29, 0.717) is 19.8 Å². The molecule has 2 aromatic rings. The summed E-state index contributed by atoms with van der Waals surface area (Å²) in [6, 6.07) is 13.9. The van der Waals surface area contributed by atoms with E-state index >= 15 is 0 Å². The average molecular weight is 327 g/mol. The molecule has 2 aliphatic heterocycles. The van der Waals surface area contributed by atoms with Crippen LogP contribution in [-0.2, 0) is 6.54 Å². The summed E-state index contributed by atoms with van der Waals surface area (Å²) < 4.78 is 23.0. The zero-order valence-electron chi connectivity index (χ0n) is 13.7. The highest BCUT2D eigenvalue weighted by atomic mass is 16.6. The third-order valence-corrected chi connectivity index (χ3v) is 4.14. The fourth-order valence-electron chi connectivity index (χ4n) is 3.06. The Kier molecular flexibility index (Phi) is 4.17. The Morgan fingerprint density at radius 3 is 2.54 bits per heavy atom. The lowest BCUT2D eigenvalue weighted by atomic mass is 10.1. The van der Waals surface area contributed by atoms with Gasteiger partial charge in [-0.1, -0.05) is 18.2 Å². The van der Waals surface area contributed by atoms with Gasteiger partial charge in [0.05, 0.1) is 0 Å². The summed E-state index contributed by atoms with van der Waals surface area (Å²) in [6.45, 7) is 3.41. The van der Waals surface area contributed by atoms with E-state index in [0.717, 1.165) is 36.1 Å². The maximum Gasteiger partial charge on any atom is 0.161 e. The Morgan fingerprint density at radius 1 is 0.917 bits per heavy atom. The molecule has 2 heterocycles. The third kappa shape index (κ3) is 3.26. The Hall–Kier alpha value is -2.40. The topological polar surface area (TPSA) is 40.2 Å².